The largest absolute Gasteiger partial charge is 0.416 e. The predicted octanol–water partition coefficient (Wildman–Crippen LogP) is 3.86. The van der Waals surface area contributed by atoms with Gasteiger partial charge in [0.25, 0.3) is 5.91 Å². The van der Waals surface area contributed by atoms with Crippen molar-refractivity contribution in [3.05, 3.63) is 57.3 Å². The molecule has 1 N–H and O–H groups in total. The summed E-state index contributed by atoms with van der Waals surface area (Å²) in [7, 11) is 0. The second-order valence-corrected chi connectivity index (χ2v) is 5.46. The molecule has 0 aliphatic heterocycles. The maximum Gasteiger partial charge on any atom is 0.416 e. The van der Waals surface area contributed by atoms with Gasteiger partial charge >= 0.3 is 6.18 Å². The Morgan fingerprint density at radius 3 is 2.73 bits per heavy atom. The third-order valence-corrected chi connectivity index (χ3v) is 3.76. The van der Waals surface area contributed by atoms with E-state index >= 15 is 0 Å². The highest BCUT2D eigenvalue weighted by Gasteiger charge is 2.30. The van der Waals surface area contributed by atoms with Crippen LogP contribution in [0.15, 0.2) is 35.7 Å². The molecule has 0 bridgehead atoms. The Morgan fingerprint density at radius 1 is 1.32 bits per heavy atom. The van der Waals surface area contributed by atoms with Crippen molar-refractivity contribution in [1.82, 2.24) is 5.32 Å². The minimum Gasteiger partial charge on any atom is -0.340 e. The molecular formula is C16H12F3NOS. The number of carbonyl (C=O) groups is 1. The van der Waals surface area contributed by atoms with Crippen LogP contribution in [-0.2, 0) is 6.18 Å². The Labute approximate surface area is 130 Å². The van der Waals surface area contributed by atoms with E-state index in [0.29, 0.717) is 4.88 Å². The first kappa shape index (κ1) is 16.1. The van der Waals surface area contributed by atoms with Crippen LogP contribution in [0, 0.1) is 18.8 Å². The molecule has 0 aliphatic rings. The van der Waals surface area contributed by atoms with Crippen molar-refractivity contribution in [3.8, 4) is 11.8 Å². The predicted molar refractivity (Wildman–Crippen MR) is 79.7 cm³/mol. The van der Waals surface area contributed by atoms with Gasteiger partial charge in [0.15, 0.2) is 0 Å². The molecule has 0 atom stereocenters. The number of aryl methyl sites for hydroxylation is 1. The summed E-state index contributed by atoms with van der Waals surface area (Å²) < 4.78 is 37.6. The third kappa shape index (κ3) is 4.37. The van der Waals surface area contributed by atoms with Crippen LogP contribution in [-0.4, -0.2) is 12.5 Å². The van der Waals surface area contributed by atoms with E-state index in [9.17, 15) is 18.0 Å². The minimum absolute atomic E-state index is 0.0754. The van der Waals surface area contributed by atoms with Gasteiger partial charge in [-0.3, -0.25) is 4.79 Å². The van der Waals surface area contributed by atoms with Gasteiger partial charge in [0.2, 0.25) is 0 Å². The van der Waals surface area contributed by atoms with Gasteiger partial charge in [-0.2, -0.15) is 13.2 Å². The van der Waals surface area contributed by atoms with Gasteiger partial charge in [0, 0.05) is 5.56 Å². The number of carbonyl (C=O) groups excluding carboxylic acids is 1. The average Bonchev–Trinajstić information content (AvgIpc) is 2.89. The molecule has 0 saturated heterocycles. The van der Waals surface area contributed by atoms with Gasteiger partial charge in [-0.25, -0.2) is 0 Å². The molecule has 0 aliphatic carbocycles. The second-order valence-electron chi connectivity index (χ2n) is 4.55. The number of rotatable bonds is 2. The van der Waals surface area contributed by atoms with Crippen molar-refractivity contribution in [3.63, 3.8) is 0 Å². The maximum absolute atomic E-state index is 12.5. The van der Waals surface area contributed by atoms with Crippen molar-refractivity contribution >= 4 is 17.2 Å². The summed E-state index contributed by atoms with van der Waals surface area (Å²) >= 11 is 1.33. The van der Waals surface area contributed by atoms with E-state index in [2.05, 4.69) is 17.2 Å². The molecular weight excluding hydrogens is 311 g/mol. The molecule has 2 aromatic rings. The summed E-state index contributed by atoms with van der Waals surface area (Å²) in [6.07, 6.45) is -4.39. The Morgan fingerprint density at radius 2 is 2.09 bits per heavy atom. The van der Waals surface area contributed by atoms with E-state index in [0.717, 1.165) is 17.7 Å². The molecule has 0 fully saturated rings. The number of hydrogen-bond donors (Lipinski definition) is 1. The fraction of sp³-hybridized carbons (Fsp3) is 0.188. The Hall–Kier alpha value is -2.26. The maximum atomic E-state index is 12.5. The number of halogens is 3. The SMILES string of the molecule is Cc1csc(C(=O)NCC#Cc2cccc(C(F)(F)F)c2)c1. The van der Waals surface area contributed by atoms with Crippen molar-refractivity contribution in [2.24, 2.45) is 0 Å². The third-order valence-electron chi connectivity index (χ3n) is 2.71. The number of thiophene rings is 1. The van der Waals surface area contributed by atoms with E-state index in [1.807, 2.05) is 12.3 Å². The van der Waals surface area contributed by atoms with E-state index in [1.54, 1.807) is 6.07 Å². The number of hydrogen-bond acceptors (Lipinski definition) is 2. The molecule has 6 heteroatoms. The van der Waals surface area contributed by atoms with Crippen LogP contribution in [0.3, 0.4) is 0 Å². The highest BCUT2D eigenvalue weighted by atomic mass is 32.1. The molecule has 0 spiro atoms. The van der Waals surface area contributed by atoms with Crippen LogP contribution in [0.4, 0.5) is 13.2 Å². The summed E-state index contributed by atoms with van der Waals surface area (Å²) in [5.74, 6) is 5.01. The first-order valence-electron chi connectivity index (χ1n) is 6.36. The van der Waals surface area contributed by atoms with Gasteiger partial charge < -0.3 is 5.32 Å². The zero-order valence-corrected chi connectivity index (χ0v) is 12.4. The lowest BCUT2D eigenvalue weighted by atomic mass is 10.1. The van der Waals surface area contributed by atoms with Crippen LogP contribution >= 0.6 is 11.3 Å². The lowest BCUT2D eigenvalue weighted by Gasteiger charge is -2.05. The molecule has 1 heterocycles. The summed E-state index contributed by atoms with van der Waals surface area (Å²) in [5.41, 5.74) is 0.527. The van der Waals surface area contributed by atoms with Crippen LogP contribution in [0.2, 0.25) is 0 Å². The summed E-state index contributed by atoms with van der Waals surface area (Å²) in [5, 5.41) is 4.47. The average molecular weight is 323 g/mol. The molecule has 2 nitrogen and oxygen atoms in total. The van der Waals surface area contributed by atoms with E-state index in [-0.39, 0.29) is 18.0 Å². The molecule has 22 heavy (non-hydrogen) atoms. The molecule has 0 radical (unpaired) electrons. The quantitative estimate of drug-likeness (QED) is 0.836. The van der Waals surface area contributed by atoms with Crippen LogP contribution in [0.5, 0.6) is 0 Å². The smallest absolute Gasteiger partial charge is 0.340 e. The van der Waals surface area contributed by atoms with Gasteiger partial charge in [-0.1, -0.05) is 17.9 Å². The Bertz CT molecular complexity index is 738. The fourth-order valence-electron chi connectivity index (χ4n) is 1.68. The van der Waals surface area contributed by atoms with Gasteiger partial charge in [-0.05, 0) is 42.1 Å². The van der Waals surface area contributed by atoms with Crippen molar-refractivity contribution in [2.45, 2.75) is 13.1 Å². The topological polar surface area (TPSA) is 29.1 Å². The Kier molecular flexibility index (Phi) is 4.88. The molecule has 114 valence electrons. The molecule has 1 aromatic carbocycles. The summed E-state index contributed by atoms with van der Waals surface area (Å²) in [6.45, 7) is 1.97. The van der Waals surface area contributed by atoms with Crippen molar-refractivity contribution in [2.75, 3.05) is 6.54 Å². The summed E-state index contributed by atoms with van der Waals surface area (Å²) in [4.78, 5) is 12.3. The number of nitrogens with one attached hydrogen (secondary N) is 1. The van der Waals surface area contributed by atoms with E-state index in [1.165, 1.54) is 23.5 Å². The normalized spacial score (nSPS) is 10.7. The van der Waals surface area contributed by atoms with Crippen LogP contribution in [0.1, 0.15) is 26.4 Å². The number of alkyl halides is 3. The van der Waals surface area contributed by atoms with Gasteiger partial charge in [0.05, 0.1) is 17.0 Å². The lowest BCUT2D eigenvalue weighted by Crippen LogP contribution is -2.22. The van der Waals surface area contributed by atoms with Crippen LogP contribution < -0.4 is 5.32 Å². The van der Waals surface area contributed by atoms with Gasteiger partial charge in [-0.15, -0.1) is 11.3 Å². The first-order valence-corrected chi connectivity index (χ1v) is 7.24. The second kappa shape index (κ2) is 6.67. The highest BCUT2D eigenvalue weighted by Crippen LogP contribution is 2.29. The van der Waals surface area contributed by atoms with Crippen LogP contribution in [0.25, 0.3) is 0 Å². The van der Waals surface area contributed by atoms with Gasteiger partial charge in [0.1, 0.15) is 0 Å². The molecule has 1 aromatic heterocycles. The zero-order chi connectivity index (χ0) is 16.2. The number of benzene rings is 1. The first-order chi connectivity index (χ1) is 10.4. The Balaban J connectivity index is 1.96. The highest BCUT2D eigenvalue weighted by molar-refractivity contribution is 7.12. The molecule has 2 rings (SSSR count). The van der Waals surface area contributed by atoms with Crippen molar-refractivity contribution in [1.29, 1.82) is 0 Å². The van der Waals surface area contributed by atoms with E-state index in [4.69, 9.17) is 0 Å². The zero-order valence-electron chi connectivity index (χ0n) is 11.6. The van der Waals surface area contributed by atoms with Crippen molar-refractivity contribution < 1.29 is 18.0 Å². The minimum atomic E-state index is -4.39. The van der Waals surface area contributed by atoms with E-state index < -0.39 is 11.7 Å². The molecule has 0 unspecified atom stereocenters. The number of amides is 1. The molecule has 1 amide bonds. The molecule has 0 saturated carbocycles. The summed E-state index contributed by atoms with van der Waals surface area (Å²) in [6, 6.07) is 6.54. The lowest BCUT2D eigenvalue weighted by molar-refractivity contribution is -0.137. The monoisotopic (exact) mass is 323 g/mol. The standard InChI is InChI=1S/C16H12F3NOS/c1-11-8-14(22-10-11)15(21)20-7-3-5-12-4-2-6-13(9-12)16(17,18)19/h2,4,6,8-10H,7H2,1H3,(H,20,21). The fourth-order valence-corrected chi connectivity index (χ4v) is 2.50.